The Balaban J connectivity index is 1.99. The fraction of sp³-hybridized carbons (Fsp3) is 0.0714. The second-order valence-corrected chi connectivity index (χ2v) is 4.65. The van der Waals surface area contributed by atoms with Crippen molar-refractivity contribution in [1.29, 1.82) is 0 Å². The molecule has 0 saturated carbocycles. The van der Waals surface area contributed by atoms with Crippen molar-refractivity contribution in [3.8, 4) is 11.5 Å². The summed E-state index contributed by atoms with van der Waals surface area (Å²) in [6.07, 6.45) is 0. The van der Waals surface area contributed by atoms with Crippen LogP contribution in [0.3, 0.4) is 0 Å². The molecule has 2 aromatic carbocycles. The monoisotopic (exact) mass is 253 g/mol. The van der Waals surface area contributed by atoms with Crippen LogP contribution in [0.2, 0.25) is 0 Å². The molecule has 5 nitrogen and oxygen atoms in total. The van der Waals surface area contributed by atoms with Crippen molar-refractivity contribution < 1.29 is 9.53 Å². The van der Waals surface area contributed by atoms with Crippen LogP contribution in [0, 0.1) is 0 Å². The summed E-state index contributed by atoms with van der Waals surface area (Å²) in [6.45, 7) is 0. The van der Waals surface area contributed by atoms with E-state index in [0.29, 0.717) is 17.0 Å². The van der Waals surface area contributed by atoms with Gasteiger partial charge in [0.15, 0.2) is 0 Å². The molecule has 1 atom stereocenters. The van der Waals surface area contributed by atoms with Crippen LogP contribution >= 0.6 is 0 Å². The number of nitrogens with one attached hydrogen (secondary N) is 2. The van der Waals surface area contributed by atoms with Crippen molar-refractivity contribution >= 4 is 11.6 Å². The number of rotatable bonds is 0. The summed E-state index contributed by atoms with van der Waals surface area (Å²) in [5.41, 5.74) is 14.6. The summed E-state index contributed by atoms with van der Waals surface area (Å²) >= 11 is 0. The topological polar surface area (TPSA) is 76.4 Å². The normalized spacial score (nSPS) is 18.9. The third kappa shape index (κ3) is 1.36. The molecule has 4 N–H and O–H groups in total. The van der Waals surface area contributed by atoms with Crippen LogP contribution in [0.4, 0.5) is 5.69 Å². The number of hydrazine groups is 1. The number of fused-ring (bicyclic) bond motifs is 2. The first kappa shape index (κ1) is 10.4. The molecule has 0 spiro atoms. The Kier molecular flexibility index (Phi) is 1.91. The first-order chi connectivity index (χ1) is 9.24. The molecule has 0 aliphatic carbocycles. The van der Waals surface area contributed by atoms with Crippen LogP contribution in [0.15, 0.2) is 36.4 Å². The molecule has 2 aromatic rings. The Hall–Kier alpha value is -2.53. The lowest BCUT2D eigenvalue weighted by Crippen LogP contribution is -2.46. The van der Waals surface area contributed by atoms with Crippen molar-refractivity contribution in [2.75, 3.05) is 5.73 Å². The van der Waals surface area contributed by atoms with Gasteiger partial charge in [-0.05, 0) is 30.3 Å². The third-order valence-electron chi connectivity index (χ3n) is 3.49. The number of benzene rings is 2. The highest BCUT2D eigenvalue weighted by atomic mass is 16.5. The number of anilines is 1. The summed E-state index contributed by atoms with van der Waals surface area (Å²) in [7, 11) is 0. The molecule has 1 unspecified atom stereocenters. The standard InChI is InChI=1S/C14H11N3O2/c15-7-4-5-10-9(6-7)13-12-8(14(18)17-16-13)2-1-3-11(12)19-10/h1-6,13,16H,15H2,(H,17,18). The van der Waals surface area contributed by atoms with Crippen LogP contribution in [-0.2, 0) is 0 Å². The molecule has 0 fully saturated rings. The molecule has 2 aliphatic heterocycles. The average Bonchev–Trinajstić information content (AvgIpc) is 2.42. The zero-order chi connectivity index (χ0) is 13.0. The zero-order valence-electron chi connectivity index (χ0n) is 9.94. The Bertz CT molecular complexity index is 712. The van der Waals surface area contributed by atoms with E-state index < -0.39 is 0 Å². The first-order valence-corrected chi connectivity index (χ1v) is 6.00. The van der Waals surface area contributed by atoms with Crippen LogP contribution in [-0.4, -0.2) is 5.91 Å². The molecule has 2 aliphatic rings. The summed E-state index contributed by atoms with van der Waals surface area (Å²) in [5, 5.41) is 0. The summed E-state index contributed by atoms with van der Waals surface area (Å²) in [6, 6.07) is 10.9. The van der Waals surface area contributed by atoms with Gasteiger partial charge in [0.25, 0.3) is 5.91 Å². The van der Waals surface area contributed by atoms with Crippen molar-refractivity contribution in [1.82, 2.24) is 10.9 Å². The first-order valence-electron chi connectivity index (χ1n) is 6.00. The second kappa shape index (κ2) is 3.49. The van der Waals surface area contributed by atoms with Crippen LogP contribution in [0.1, 0.15) is 27.5 Å². The Labute approximate surface area is 109 Å². The molecule has 1 amide bonds. The molecule has 5 heteroatoms. The smallest absolute Gasteiger partial charge is 0.265 e. The minimum absolute atomic E-state index is 0.129. The molecule has 4 rings (SSSR count). The SMILES string of the molecule is Nc1ccc2c(c1)C1NNC(=O)c3cccc(c31)O2. The molecule has 0 radical (unpaired) electrons. The quantitative estimate of drug-likeness (QED) is 0.625. The van der Waals surface area contributed by atoms with Gasteiger partial charge in [-0.25, -0.2) is 5.43 Å². The summed E-state index contributed by atoms with van der Waals surface area (Å²) in [5.74, 6) is 1.32. The highest BCUT2D eigenvalue weighted by Crippen LogP contribution is 2.45. The molecule has 0 bridgehead atoms. The lowest BCUT2D eigenvalue weighted by atomic mass is 9.89. The van der Waals surface area contributed by atoms with Crippen LogP contribution < -0.4 is 21.3 Å². The average molecular weight is 253 g/mol. The van der Waals surface area contributed by atoms with Gasteiger partial charge in [-0.1, -0.05) is 6.07 Å². The number of carbonyl (C=O) groups is 1. The largest absolute Gasteiger partial charge is 0.457 e. The van der Waals surface area contributed by atoms with Crippen molar-refractivity contribution in [2.45, 2.75) is 6.04 Å². The zero-order valence-corrected chi connectivity index (χ0v) is 9.94. The molecule has 2 heterocycles. The van der Waals surface area contributed by atoms with E-state index in [2.05, 4.69) is 10.9 Å². The van der Waals surface area contributed by atoms with E-state index in [1.807, 2.05) is 24.3 Å². The van der Waals surface area contributed by atoms with Gasteiger partial charge in [-0.2, -0.15) is 0 Å². The lowest BCUT2D eigenvalue weighted by Gasteiger charge is -2.33. The van der Waals surface area contributed by atoms with E-state index in [4.69, 9.17) is 10.5 Å². The maximum absolute atomic E-state index is 11.8. The van der Waals surface area contributed by atoms with Crippen LogP contribution in [0.5, 0.6) is 11.5 Å². The van der Waals surface area contributed by atoms with Gasteiger partial charge < -0.3 is 10.5 Å². The molecular formula is C14H11N3O2. The molecule has 94 valence electrons. The van der Waals surface area contributed by atoms with E-state index in [-0.39, 0.29) is 11.9 Å². The van der Waals surface area contributed by atoms with Crippen molar-refractivity contribution in [2.24, 2.45) is 0 Å². The van der Waals surface area contributed by atoms with Crippen LogP contribution in [0.25, 0.3) is 0 Å². The molecule has 0 saturated heterocycles. The fourth-order valence-electron chi connectivity index (χ4n) is 2.64. The number of carbonyl (C=O) groups excluding carboxylic acids is 1. The third-order valence-corrected chi connectivity index (χ3v) is 3.49. The maximum Gasteiger partial charge on any atom is 0.265 e. The van der Waals surface area contributed by atoms with Gasteiger partial charge in [0.1, 0.15) is 11.5 Å². The molecule has 0 aromatic heterocycles. The van der Waals surface area contributed by atoms with E-state index >= 15 is 0 Å². The van der Waals surface area contributed by atoms with Crippen molar-refractivity contribution in [3.63, 3.8) is 0 Å². The number of hydrogen-bond donors (Lipinski definition) is 3. The second-order valence-electron chi connectivity index (χ2n) is 4.65. The van der Waals surface area contributed by atoms with Gasteiger partial charge in [-0.3, -0.25) is 10.2 Å². The fourth-order valence-corrected chi connectivity index (χ4v) is 2.64. The van der Waals surface area contributed by atoms with Gasteiger partial charge in [0.05, 0.1) is 6.04 Å². The van der Waals surface area contributed by atoms with E-state index in [1.54, 1.807) is 12.1 Å². The predicted octanol–water partition coefficient (Wildman–Crippen LogP) is 1.71. The summed E-state index contributed by atoms with van der Waals surface area (Å²) < 4.78 is 5.85. The minimum Gasteiger partial charge on any atom is -0.457 e. The van der Waals surface area contributed by atoms with E-state index in [0.717, 1.165) is 16.9 Å². The number of nitrogen functional groups attached to an aromatic ring is 1. The van der Waals surface area contributed by atoms with E-state index in [1.165, 1.54) is 0 Å². The predicted molar refractivity (Wildman–Crippen MR) is 69.8 cm³/mol. The van der Waals surface area contributed by atoms with Gasteiger partial charge >= 0.3 is 0 Å². The lowest BCUT2D eigenvalue weighted by molar-refractivity contribution is 0.0910. The Morgan fingerprint density at radius 2 is 2.05 bits per heavy atom. The molecule has 19 heavy (non-hydrogen) atoms. The maximum atomic E-state index is 11.8. The summed E-state index contributed by atoms with van der Waals surface area (Å²) in [4.78, 5) is 11.8. The highest BCUT2D eigenvalue weighted by Gasteiger charge is 2.34. The number of ether oxygens (including phenoxy) is 1. The van der Waals surface area contributed by atoms with E-state index in [9.17, 15) is 4.79 Å². The van der Waals surface area contributed by atoms with Gasteiger partial charge in [0, 0.05) is 22.4 Å². The van der Waals surface area contributed by atoms with Gasteiger partial charge in [0.2, 0.25) is 0 Å². The minimum atomic E-state index is -0.149. The van der Waals surface area contributed by atoms with Gasteiger partial charge in [-0.15, -0.1) is 0 Å². The van der Waals surface area contributed by atoms with Crippen molar-refractivity contribution in [3.05, 3.63) is 53.1 Å². The number of nitrogens with two attached hydrogens (primary N) is 1. The Morgan fingerprint density at radius 1 is 1.16 bits per heavy atom. The highest BCUT2D eigenvalue weighted by molar-refractivity contribution is 5.97. The number of hydrogen-bond acceptors (Lipinski definition) is 4. The molecular weight excluding hydrogens is 242 g/mol. The Morgan fingerprint density at radius 3 is 2.95 bits per heavy atom. The number of amides is 1.